The van der Waals surface area contributed by atoms with E-state index in [1.165, 1.54) is 24.3 Å². The van der Waals surface area contributed by atoms with Crippen molar-refractivity contribution in [1.82, 2.24) is 10.1 Å². The topological polar surface area (TPSA) is 68.0 Å². The van der Waals surface area contributed by atoms with Crippen molar-refractivity contribution in [2.45, 2.75) is 6.42 Å². The molecule has 0 aliphatic rings. The van der Waals surface area contributed by atoms with Gasteiger partial charge in [0.2, 0.25) is 11.7 Å². The molecule has 0 spiro atoms. The van der Waals surface area contributed by atoms with Gasteiger partial charge in [-0.3, -0.25) is 4.79 Å². The predicted octanol–water partition coefficient (Wildman–Crippen LogP) is 4.86. The Labute approximate surface area is 165 Å². The average Bonchev–Trinajstić information content (AvgIpc) is 3.20. The first kappa shape index (κ1) is 18.5. The van der Waals surface area contributed by atoms with Crippen LogP contribution in [0.25, 0.3) is 22.8 Å². The van der Waals surface area contributed by atoms with Gasteiger partial charge >= 0.3 is 0 Å². The Balaban J connectivity index is 1.49. The van der Waals surface area contributed by atoms with Crippen molar-refractivity contribution in [2.24, 2.45) is 0 Å². The molecule has 1 heterocycles. The molecule has 7 heteroatoms. The Bertz CT molecular complexity index is 1160. The van der Waals surface area contributed by atoms with Gasteiger partial charge in [-0.05, 0) is 48.0 Å². The van der Waals surface area contributed by atoms with Crippen LogP contribution < -0.4 is 5.32 Å². The van der Waals surface area contributed by atoms with Gasteiger partial charge in [0.05, 0.1) is 6.42 Å². The fraction of sp³-hybridized carbons (Fsp3) is 0.0455. The van der Waals surface area contributed by atoms with Crippen LogP contribution in [0, 0.1) is 11.6 Å². The SMILES string of the molecule is O=C(Cc1ccc(F)cc1)Nc1cccc(-c2noc(-c3cccc(F)c3)n2)c1. The highest BCUT2D eigenvalue weighted by atomic mass is 19.1. The lowest BCUT2D eigenvalue weighted by Crippen LogP contribution is -2.14. The summed E-state index contributed by atoms with van der Waals surface area (Å²) in [5.74, 6) is -0.459. The van der Waals surface area contributed by atoms with Crippen LogP contribution in [0.4, 0.5) is 14.5 Å². The highest BCUT2D eigenvalue weighted by Gasteiger charge is 2.12. The third-order valence-corrected chi connectivity index (χ3v) is 4.18. The van der Waals surface area contributed by atoms with Gasteiger partial charge in [-0.25, -0.2) is 8.78 Å². The van der Waals surface area contributed by atoms with Crippen molar-refractivity contribution in [1.29, 1.82) is 0 Å². The number of amides is 1. The molecule has 0 fully saturated rings. The van der Waals surface area contributed by atoms with Crippen LogP contribution in [0.2, 0.25) is 0 Å². The number of nitrogens with zero attached hydrogens (tertiary/aromatic N) is 2. The molecule has 0 unspecified atom stereocenters. The predicted molar refractivity (Wildman–Crippen MR) is 104 cm³/mol. The van der Waals surface area contributed by atoms with Gasteiger partial charge in [-0.15, -0.1) is 0 Å². The third kappa shape index (κ3) is 4.52. The smallest absolute Gasteiger partial charge is 0.258 e. The number of anilines is 1. The Kier molecular flexibility index (Phi) is 5.11. The minimum absolute atomic E-state index is 0.121. The van der Waals surface area contributed by atoms with Crippen LogP contribution in [0.1, 0.15) is 5.56 Å². The first-order valence-electron chi connectivity index (χ1n) is 8.81. The zero-order chi connectivity index (χ0) is 20.2. The van der Waals surface area contributed by atoms with Crippen molar-refractivity contribution >= 4 is 11.6 Å². The van der Waals surface area contributed by atoms with Crippen LogP contribution in [-0.4, -0.2) is 16.0 Å². The molecule has 0 aliphatic heterocycles. The summed E-state index contributed by atoms with van der Waals surface area (Å²) < 4.78 is 31.6. The molecule has 144 valence electrons. The van der Waals surface area contributed by atoms with Crippen molar-refractivity contribution in [3.63, 3.8) is 0 Å². The highest BCUT2D eigenvalue weighted by molar-refractivity contribution is 5.92. The Morgan fingerprint density at radius 3 is 2.45 bits per heavy atom. The van der Waals surface area contributed by atoms with Crippen molar-refractivity contribution in [2.75, 3.05) is 5.32 Å². The lowest BCUT2D eigenvalue weighted by atomic mass is 10.1. The second-order valence-corrected chi connectivity index (χ2v) is 6.37. The van der Waals surface area contributed by atoms with Gasteiger partial charge in [-0.1, -0.05) is 35.5 Å². The van der Waals surface area contributed by atoms with Crippen molar-refractivity contribution in [3.8, 4) is 22.8 Å². The zero-order valence-corrected chi connectivity index (χ0v) is 15.1. The van der Waals surface area contributed by atoms with Gasteiger partial charge in [0.25, 0.3) is 5.89 Å². The molecule has 1 aromatic heterocycles. The van der Waals surface area contributed by atoms with Gasteiger partial charge in [-0.2, -0.15) is 4.98 Å². The Morgan fingerprint density at radius 1 is 0.897 bits per heavy atom. The number of carbonyl (C=O) groups is 1. The number of rotatable bonds is 5. The number of benzene rings is 3. The zero-order valence-electron chi connectivity index (χ0n) is 15.1. The van der Waals surface area contributed by atoms with E-state index >= 15 is 0 Å². The minimum Gasteiger partial charge on any atom is -0.334 e. The summed E-state index contributed by atoms with van der Waals surface area (Å²) in [6.45, 7) is 0. The molecule has 0 radical (unpaired) electrons. The van der Waals surface area contributed by atoms with Crippen LogP contribution in [0.5, 0.6) is 0 Å². The molecule has 29 heavy (non-hydrogen) atoms. The summed E-state index contributed by atoms with van der Waals surface area (Å²) in [6, 6.07) is 18.6. The summed E-state index contributed by atoms with van der Waals surface area (Å²) in [7, 11) is 0. The van der Waals surface area contributed by atoms with E-state index < -0.39 is 5.82 Å². The van der Waals surface area contributed by atoms with E-state index in [4.69, 9.17) is 4.52 Å². The lowest BCUT2D eigenvalue weighted by molar-refractivity contribution is -0.115. The van der Waals surface area contributed by atoms with Crippen LogP contribution in [0.15, 0.2) is 77.3 Å². The number of halogens is 2. The number of carbonyl (C=O) groups excluding carboxylic acids is 1. The average molecular weight is 391 g/mol. The molecule has 0 bridgehead atoms. The number of hydrogen-bond acceptors (Lipinski definition) is 4. The minimum atomic E-state index is -0.395. The summed E-state index contributed by atoms with van der Waals surface area (Å²) in [5.41, 5.74) is 2.38. The van der Waals surface area contributed by atoms with Crippen molar-refractivity contribution in [3.05, 3.63) is 90.0 Å². The quantitative estimate of drug-likeness (QED) is 0.527. The highest BCUT2D eigenvalue weighted by Crippen LogP contribution is 2.24. The Hall–Kier alpha value is -3.87. The number of hydrogen-bond donors (Lipinski definition) is 1. The molecular weight excluding hydrogens is 376 g/mol. The molecule has 0 saturated carbocycles. The molecule has 1 amide bonds. The van der Waals surface area contributed by atoms with Crippen molar-refractivity contribution < 1.29 is 18.1 Å². The van der Waals surface area contributed by atoms with Gasteiger partial charge in [0.15, 0.2) is 0 Å². The van der Waals surface area contributed by atoms with E-state index in [2.05, 4.69) is 15.5 Å². The third-order valence-electron chi connectivity index (χ3n) is 4.18. The van der Waals surface area contributed by atoms with E-state index in [0.29, 0.717) is 28.2 Å². The molecule has 0 saturated heterocycles. The van der Waals surface area contributed by atoms with Crippen LogP contribution in [0.3, 0.4) is 0 Å². The summed E-state index contributed by atoms with van der Waals surface area (Å²) in [5, 5.41) is 6.72. The molecule has 0 aliphatic carbocycles. The van der Waals surface area contributed by atoms with Crippen LogP contribution >= 0.6 is 0 Å². The van der Waals surface area contributed by atoms with E-state index in [1.807, 2.05) is 0 Å². The molecule has 4 aromatic rings. The first-order chi connectivity index (χ1) is 14.1. The van der Waals surface area contributed by atoms with Crippen LogP contribution in [-0.2, 0) is 11.2 Å². The normalized spacial score (nSPS) is 10.7. The van der Waals surface area contributed by atoms with Gasteiger partial charge < -0.3 is 9.84 Å². The summed E-state index contributed by atoms with van der Waals surface area (Å²) in [6.07, 6.45) is 0.121. The number of nitrogens with one attached hydrogen (secondary N) is 1. The molecule has 4 rings (SSSR count). The van der Waals surface area contributed by atoms with E-state index in [0.717, 1.165) is 0 Å². The number of aromatic nitrogens is 2. The molecular formula is C22H15F2N3O2. The van der Waals surface area contributed by atoms with Gasteiger partial charge in [0, 0.05) is 16.8 Å². The standard InChI is InChI=1S/C22H15F2N3O2/c23-17-9-7-14(8-10-17)11-20(28)25-19-6-2-3-15(13-19)21-26-22(29-27-21)16-4-1-5-18(24)12-16/h1-10,12-13H,11H2,(H,25,28). The summed E-state index contributed by atoms with van der Waals surface area (Å²) >= 11 is 0. The fourth-order valence-corrected chi connectivity index (χ4v) is 2.81. The van der Waals surface area contributed by atoms with E-state index in [1.54, 1.807) is 48.5 Å². The second-order valence-electron chi connectivity index (χ2n) is 6.37. The Morgan fingerprint density at radius 2 is 1.66 bits per heavy atom. The molecule has 0 atom stereocenters. The lowest BCUT2D eigenvalue weighted by Gasteiger charge is -2.06. The summed E-state index contributed by atoms with van der Waals surface area (Å²) in [4.78, 5) is 16.5. The second kappa shape index (κ2) is 8.02. The maximum absolute atomic E-state index is 13.4. The van der Waals surface area contributed by atoms with Gasteiger partial charge in [0.1, 0.15) is 11.6 Å². The van der Waals surface area contributed by atoms with E-state index in [-0.39, 0.29) is 24.0 Å². The molecule has 3 aromatic carbocycles. The monoisotopic (exact) mass is 391 g/mol. The fourth-order valence-electron chi connectivity index (χ4n) is 2.81. The maximum Gasteiger partial charge on any atom is 0.258 e. The molecule has 1 N–H and O–H groups in total. The molecule has 5 nitrogen and oxygen atoms in total. The maximum atomic E-state index is 13.4. The largest absolute Gasteiger partial charge is 0.334 e. The first-order valence-corrected chi connectivity index (χ1v) is 8.81. The van der Waals surface area contributed by atoms with E-state index in [9.17, 15) is 13.6 Å².